The summed E-state index contributed by atoms with van der Waals surface area (Å²) in [6, 6.07) is -0.726. The van der Waals surface area contributed by atoms with Gasteiger partial charge in [-0.25, -0.2) is 0 Å². The topological polar surface area (TPSA) is 144 Å². The SMILES string of the molecule is CC(C)(C)[C@H](CC(=O)C[C@H](C(=O)N1C[C@]2(C[C@H]1C(=O)CC(CC1CCC1)C(=O)C(N)=O)C(C)(C)C21CCC1)C(C)(C)C)C(=O)N1CCOC2(CC2)C1. The molecule has 0 bridgehead atoms. The largest absolute Gasteiger partial charge is 0.371 e. The van der Waals surface area contributed by atoms with Gasteiger partial charge in [-0.3, -0.25) is 28.8 Å². The lowest BCUT2D eigenvalue weighted by Crippen LogP contribution is -2.51. The van der Waals surface area contributed by atoms with E-state index in [1.165, 1.54) is 0 Å². The highest BCUT2D eigenvalue weighted by molar-refractivity contribution is 6.36. The molecule has 2 heterocycles. The highest BCUT2D eigenvalue weighted by atomic mass is 16.5. The summed E-state index contributed by atoms with van der Waals surface area (Å²) in [6.07, 6.45) is 9.13. The van der Waals surface area contributed by atoms with Gasteiger partial charge in [0.15, 0.2) is 5.78 Å². The van der Waals surface area contributed by atoms with Crippen molar-refractivity contribution in [3.63, 3.8) is 0 Å². The van der Waals surface area contributed by atoms with Crippen LogP contribution >= 0.6 is 0 Å². The average molecular weight is 724 g/mol. The molecule has 6 rings (SSSR count). The normalized spacial score (nSPS) is 28.9. The third kappa shape index (κ3) is 6.70. The molecular formula is C42H65N3O7. The van der Waals surface area contributed by atoms with Crippen molar-refractivity contribution in [2.75, 3.05) is 26.2 Å². The van der Waals surface area contributed by atoms with Crippen LogP contribution in [0.15, 0.2) is 0 Å². The second kappa shape index (κ2) is 13.3. The molecule has 5 atom stereocenters. The Morgan fingerprint density at radius 1 is 0.788 bits per heavy atom. The number of hydrogen-bond donors (Lipinski definition) is 1. The first-order valence-electron chi connectivity index (χ1n) is 20.2. The smallest absolute Gasteiger partial charge is 0.285 e. The Kier molecular flexibility index (Phi) is 9.99. The van der Waals surface area contributed by atoms with Crippen molar-refractivity contribution in [1.29, 1.82) is 0 Å². The first-order valence-corrected chi connectivity index (χ1v) is 20.2. The van der Waals surface area contributed by atoms with Crippen LogP contribution in [0.5, 0.6) is 0 Å². The lowest BCUT2D eigenvalue weighted by molar-refractivity contribution is -0.151. The van der Waals surface area contributed by atoms with Crippen LogP contribution in [0, 0.1) is 50.7 Å². The molecule has 6 aliphatic rings. The van der Waals surface area contributed by atoms with Crippen LogP contribution < -0.4 is 5.73 Å². The zero-order valence-corrected chi connectivity index (χ0v) is 33.2. The van der Waals surface area contributed by atoms with E-state index in [1.807, 2.05) is 46.4 Å². The van der Waals surface area contributed by atoms with Crippen molar-refractivity contribution in [2.45, 2.75) is 151 Å². The summed E-state index contributed by atoms with van der Waals surface area (Å²) in [5.74, 6) is -3.94. The molecule has 0 radical (unpaired) electrons. The Balaban J connectivity index is 1.23. The van der Waals surface area contributed by atoms with Gasteiger partial charge < -0.3 is 20.3 Å². The number of carbonyl (C=O) groups is 6. The van der Waals surface area contributed by atoms with E-state index in [1.54, 1.807) is 4.90 Å². The second-order valence-electron chi connectivity index (χ2n) is 20.5. The maximum atomic E-state index is 15.0. The number of primary amides is 1. The lowest BCUT2D eigenvalue weighted by Gasteiger charge is -2.39. The number of Topliss-reactive ketones (excluding diaryl/α,β-unsaturated/α-hetero) is 3. The minimum Gasteiger partial charge on any atom is -0.371 e. The number of ether oxygens (including phenoxy) is 1. The van der Waals surface area contributed by atoms with Gasteiger partial charge in [-0.2, -0.15) is 0 Å². The van der Waals surface area contributed by atoms with Gasteiger partial charge >= 0.3 is 0 Å². The van der Waals surface area contributed by atoms with Gasteiger partial charge in [-0.1, -0.05) is 81.1 Å². The third-order valence-corrected chi connectivity index (χ3v) is 15.3. The van der Waals surface area contributed by atoms with E-state index >= 15 is 0 Å². The number of hydrogen-bond acceptors (Lipinski definition) is 7. The number of nitrogens with zero attached hydrogens (tertiary/aromatic N) is 2. The van der Waals surface area contributed by atoms with Crippen LogP contribution in [0.1, 0.15) is 139 Å². The predicted molar refractivity (Wildman–Crippen MR) is 197 cm³/mol. The lowest BCUT2D eigenvalue weighted by atomic mass is 9.73. The van der Waals surface area contributed by atoms with Crippen molar-refractivity contribution < 1.29 is 33.5 Å². The molecule has 0 aromatic rings. The van der Waals surface area contributed by atoms with E-state index in [2.05, 4.69) is 13.8 Å². The minimum absolute atomic E-state index is 0.0152. The van der Waals surface area contributed by atoms with Gasteiger partial charge in [0.2, 0.25) is 17.6 Å². The molecule has 3 spiro atoms. The van der Waals surface area contributed by atoms with Gasteiger partial charge in [0.1, 0.15) is 5.78 Å². The van der Waals surface area contributed by atoms with Gasteiger partial charge in [-0.05, 0) is 66.1 Å². The molecule has 2 aliphatic heterocycles. The van der Waals surface area contributed by atoms with Crippen LogP contribution in [0.4, 0.5) is 0 Å². The Hall–Kier alpha value is -2.62. The number of rotatable bonds is 13. The predicted octanol–water partition coefficient (Wildman–Crippen LogP) is 5.67. The number of nitrogens with two attached hydrogens (primary N) is 1. The maximum Gasteiger partial charge on any atom is 0.285 e. The molecule has 4 saturated carbocycles. The summed E-state index contributed by atoms with van der Waals surface area (Å²) in [6.45, 7) is 18.5. The van der Waals surface area contributed by atoms with Gasteiger partial charge in [0, 0.05) is 62.1 Å². The Morgan fingerprint density at radius 2 is 1.38 bits per heavy atom. The summed E-state index contributed by atoms with van der Waals surface area (Å²) in [5.41, 5.74) is 4.01. The Bertz CT molecular complexity index is 1490. The van der Waals surface area contributed by atoms with Gasteiger partial charge in [-0.15, -0.1) is 0 Å². The van der Waals surface area contributed by atoms with Crippen molar-refractivity contribution >= 4 is 35.1 Å². The highest BCUT2D eigenvalue weighted by Gasteiger charge is 2.85. The Morgan fingerprint density at radius 3 is 1.85 bits per heavy atom. The van der Waals surface area contributed by atoms with Crippen LogP contribution in [0.3, 0.4) is 0 Å². The Labute approximate surface area is 311 Å². The van der Waals surface area contributed by atoms with Gasteiger partial charge in [0.05, 0.1) is 18.2 Å². The summed E-state index contributed by atoms with van der Waals surface area (Å²) in [7, 11) is 0. The van der Waals surface area contributed by atoms with Crippen molar-refractivity contribution in [3.05, 3.63) is 0 Å². The molecule has 10 heteroatoms. The minimum atomic E-state index is -1.01. The fourth-order valence-electron chi connectivity index (χ4n) is 11.1. The molecule has 52 heavy (non-hydrogen) atoms. The van der Waals surface area contributed by atoms with Crippen LogP contribution in [-0.2, 0) is 33.5 Å². The number of carbonyl (C=O) groups excluding carboxylic acids is 6. The van der Waals surface area contributed by atoms with E-state index in [9.17, 15) is 28.8 Å². The van der Waals surface area contributed by atoms with E-state index in [-0.39, 0.29) is 64.5 Å². The standard InChI is InChI=1S/C42H65N3O7/c1-37(2,3)29(35(50)44-17-18-52-40(24-44)15-16-40)21-28(46)22-30(38(4,5)6)36(51)45-25-42(39(7,8)41(42)13-10-14-41)23-31(45)32(47)20-27(33(48)34(43)49)19-26-11-9-12-26/h26-27,29-31H,9-25H2,1-8H3,(H2,43,49)/t27?,29-,30-,31+,42-/m1/s1. The first-order chi connectivity index (χ1) is 24.1. The molecule has 2 N–H and O–H groups in total. The highest BCUT2D eigenvalue weighted by Crippen LogP contribution is 2.88. The molecular weight excluding hydrogens is 658 g/mol. The molecule has 6 fully saturated rings. The summed E-state index contributed by atoms with van der Waals surface area (Å²) in [4.78, 5) is 86.3. The van der Waals surface area contributed by atoms with E-state index in [4.69, 9.17) is 10.5 Å². The second-order valence-corrected chi connectivity index (χ2v) is 20.5. The van der Waals surface area contributed by atoms with E-state index in [0.717, 1.165) is 51.4 Å². The summed E-state index contributed by atoms with van der Waals surface area (Å²) >= 11 is 0. The van der Waals surface area contributed by atoms with Crippen LogP contribution in [0.25, 0.3) is 0 Å². The number of morpholine rings is 1. The van der Waals surface area contributed by atoms with Crippen LogP contribution in [0.2, 0.25) is 0 Å². The summed E-state index contributed by atoms with van der Waals surface area (Å²) in [5, 5.41) is 0. The van der Waals surface area contributed by atoms with Crippen LogP contribution in [-0.4, -0.2) is 82.8 Å². The third-order valence-electron chi connectivity index (χ3n) is 15.3. The maximum absolute atomic E-state index is 15.0. The molecule has 0 aromatic carbocycles. The average Bonchev–Trinajstić information content (AvgIpc) is 3.75. The number of fused-ring (bicyclic) bond motifs is 1. The molecule has 2 saturated heterocycles. The molecule has 4 aliphatic carbocycles. The van der Waals surface area contributed by atoms with Crippen molar-refractivity contribution in [3.8, 4) is 0 Å². The van der Waals surface area contributed by atoms with E-state index in [0.29, 0.717) is 45.0 Å². The number of ketones is 3. The molecule has 3 amide bonds. The zero-order chi connectivity index (χ0) is 38.2. The van der Waals surface area contributed by atoms with E-state index < -0.39 is 46.3 Å². The molecule has 1 unspecified atom stereocenters. The molecule has 290 valence electrons. The number of amides is 3. The fourth-order valence-corrected chi connectivity index (χ4v) is 11.1. The molecule has 10 nitrogen and oxygen atoms in total. The van der Waals surface area contributed by atoms with Crippen molar-refractivity contribution in [1.82, 2.24) is 9.80 Å². The monoisotopic (exact) mass is 723 g/mol. The fraction of sp³-hybridized carbons (Fsp3) is 0.857. The van der Waals surface area contributed by atoms with Crippen molar-refractivity contribution in [2.24, 2.45) is 56.5 Å². The summed E-state index contributed by atoms with van der Waals surface area (Å²) < 4.78 is 5.95. The molecule has 0 aromatic heterocycles. The first kappa shape index (κ1) is 39.1. The zero-order valence-electron chi connectivity index (χ0n) is 33.2. The number of likely N-dealkylation sites (tertiary alicyclic amines) is 1. The quantitative estimate of drug-likeness (QED) is 0.241. The van der Waals surface area contributed by atoms with Gasteiger partial charge in [0.25, 0.3) is 5.91 Å².